The van der Waals surface area contributed by atoms with Gasteiger partial charge in [0, 0.05) is 15.1 Å². The van der Waals surface area contributed by atoms with Crippen LogP contribution in [0.25, 0.3) is 0 Å². The van der Waals surface area contributed by atoms with E-state index in [1.54, 1.807) is 31.2 Å². The quantitative estimate of drug-likeness (QED) is 0.846. The Balaban J connectivity index is 2.28. The third-order valence-corrected chi connectivity index (χ3v) is 4.00. The van der Waals surface area contributed by atoms with Crippen molar-refractivity contribution in [3.63, 3.8) is 0 Å². The molecule has 108 valence electrons. The van der Waals surface area contributed by atoms with Gasteiger partial charge in [0.15, 0.2) is 0 Å². The smallest absolute Gasteiger partial charge is 0.335 e. The van der Waals surface area contributed by atoms with E-state index in [-0.39, 0.29) is 11.5 Å². The summed E-state index contributed by atoms with van der Waals surface area (Å²) in [4.78, 5) is 23.1. The van der Waals surface area contributed by atoms with E-state index in [2.05, 4.69) is 21.2 Å². The molecule has 4 nitrogen and oxygen atoms in total. The summed E-state index contributed by atoms with van der Waals surface area (Å²) in [5.41, 5.74) is 1.74. The molecule has 6 heteroatoms. The lowest BCUT2D eigenvalue weighted by molar-refractivity contribution is 0.0696. The standard InChI is InChI=1S/C15H11BrClNO3/c1-8-6-9(3-5-12(8)17)14(19)18-13-7-10(15(20)21)2-4-11(13)16/h2-7H,1H3,(H,18,19)(H,20,21). The number of hydrogen-bond acceptors (Lipinski definition) is 2. The Labute approximate surface area is 134 Å². The summed E-state index contributed by atoms with van der Waals surface area (Å²) < 4.78 is 0.603. The first-order chi connectivity index (χ1) is 9.88. The van der Waals surface area contributed by atoms with Gasteiger partial charge in [-0.05, 0) is 64.8 Å². The van der Waals surface area contributed by atoms with Crippen molar-refractivity contribution in [3.8, 4) is 0 Å². The zero-order valence-electron chi connectivity index (χ0n) is 11.0. The van der Waals surface area contributed by atoms with Crippen LogP contribution in [-0.2, 0) is 0 Å². The van der Waals surface area contributed by atoms with E-state index < -0.39 is 5.97 Å². The van der Waals surface area contributed by atoms with Crippen molar-refractivity contribution >= 4 is 45.1 Å². The predicted molar refractivity (Wildman–Crippen MR) is 85.2 cm³/mol. The van der Waals surface area contributed by atoms with Crippen LogP contribution in [0.5, 0.6) is 0 Å². The van der Waals surface area contributed by atoms with Gasteiger partial charge < -0.3 is 10.4 Å². The highest BCUT2D eigenvalue weighted by atomic mass is 79.9. The van der Waals surface area contributed by atoms with Crippen molar-refractivity contribution in [1.82, 2.24) is 0 Å². The SMILES string of the molecule is Cc1cc(C(=O)Nc2cc(C(=O)O)ccc2Br)ccc1Cl. The van der Waals surface area contributed by atoms with Crippen molar-refractivity contribution in [1.29, 1.82) is 0 Å². The Morgan fingerprint density at radius 3 is 2.43 bits per heavy atom. The average molecular weight is 369 g/mol. The number of carboxylic acids is 1. The van der Waals surface area contributed by atoms with Crippen molar-refractivity contribution in [2.75, 3.05) is 5.32 Å². The minimum atomic E-state index is -1.06. The van der Waals surface area contributed by atoms with E-state index in [9.17, 15) is 9.59 Å². The summed E-state index contributed by atoms with van der Waals surface area (Å²) in [6.07, 6.45) is 0. The lowest BCUT2D eigenvalue weighted by Gasteiger charge is -2.09. The Bertz CT molecular complexity index is 731. The molecule has 0 aliphatic rings. The summed E-state index contributed by atoms with van der Waals surface area (Å²) >= 11 is 9.20. The molecule has 0 atom stereocenters. The maximum Gasteiger partial charge on any atom is 0.335 e. The fourth-order valence-corrected chi connectivity index (χ4v) is 2.20. The third-order valence-electron chi connectivity index (χ3n) is 2.88. The van der Waals surface area contributed by atoms with Crippen LogP contribution in [0.15, 0.2) is 40.9 Å². The number of rotatable bonds is 3. The molecule has 0 aliphatic carbocycles. The van der Waals surface area contributed by atoms with E-state index in [0.717, 1.165) is 5.56 Å². The highest BCUT2D eigenvalue weighted by molar-refractivity contribution is 9.10. The molecule has 0 heterocycles. The second-order valence-corrected chi connectivity index (χ2v) is 5.68. The predicted octanol–water partition coefficient (Wildman–Crippen LogP) is 4.36. The van der Waals surface area contributed by atoms with E-state index in [0.29, 0.717) is 20.7 Å². The lowest BCUT2D eigenvalue weighted by atomic mass is 10.1. The molecule has 2 aromatic rings. The van der Waals surface area contributed by atoms with Gasteiger partial charge in [0.25, 0.3) is 5.91 Å². The molecule has 2 N–H and O–H groups in total. The number of benzene rings is 2. The largest absolute Gasteiger partial charge is 0.478 e. The molecule has 0 saturated heterocycles. The number of carbonyl (C=O) groups excluding carboxylic acids is 1. The number of halogens is 2. The fourth-order valence-electron chi connectivity index (χ4n) is 1.73. The van der Waals surface area contributed by atoms with Gasteiger partial charge >= 0.3 is 5.97 Å². The van der Waals surface area contributed by atoms with Crippen molar-refractivity contribution < 1.29 is 14.7 Å². The maximum atomic E-state index is 12.2. The Morgan fingerprint density at radius 2 is 1.81 bits per heavy atom. The molecule has 2 rings (SSSR count). The number of carbonyl (C=O) groups is 2. The topological polar surface area (TPSA) is 66.4 Å². The molecular weight excluding hydrogens is 358 g/mol. The molecule has 0 saturated carbocycles. The molecule has 0 unspecified atom stereocenters. The van der Waals surface area contributed by atoms with Crippen LogP contribution in [0.4, 0.5) is 5.69 Å². The third kappa shape index (κ3) is 3.62. The van der Waals surface area contributed by atoms with Crippen LogP contribution >= 0.6 is 27.5 Å². The number of aryl methyl sites for hydroxylation is 1. The molecule has 0 aliphatic heterocycles. The Kier molecular flexibility index (Phi) is 4.65. The lowest BCUT2D eigenvalue weighted by Crippen LogP contribution is -2.13. The molecule has 21 heavy (non-hydrogen) atoms. The first kappa shape index (κ1) is 15.5. The van der Waals surface area contributed by atoms with Crippen LogP contribution < -0.4 is 5.32 Å². The second kappa shape index (κ2) is 6.28. The molecule has 1 amide bonds. The van der Waals surface area contributed by atoms with Crippen LogP contribution in [0.2, 0.25) is 5.02 Å². The molecule has 0 fully saturated rings. The van der Waals surface area contributed by atoms with Crippen molar-refractivity contribution in [2.45, 2.75) is 6.92 Å². The molecule has 0 radical (unpaired) electrons. The summed E-state index contributed by atoms with van der Waals surface area (Å²) in [5, 5.41) is 12.2. The van der Waals surface area contributed by atoms with Gasteiger partial charge in [-0.1, -0.05) is 11.6 Å². The number of aromatic carboxylic acids is 1. The minimum absolute atomic E-state index is 0.0980. The van der Waals surface area contributed by atoms with Crippen molar-refractivity contribution in [2.24, 2.45) is 0 Å². The molecule has 0 spiro atoms. The summed E-state index contributed by atoms with van der Waals surface area (Å²) in [5.74, 6) is -1.39. The van der Waals surface area contributed by atoms with Gasteiger partial charge in [0.1, 0.15) is 0 Å². The average Bonchev–Trinajstić information content (AvgIpc) is 2.43. The van der Waals surface area contributed by atoms with E-state index in [1.807, 2.05) is 0 Å². The first-order valence-corrected chi connectivity index (χ1v) is 7.16. The highest BCUT2D eigenvalue weighted by Crippen LogP contribution is 2.25. The van der Waals surface area contributed by atoms with Crippen LogP contribution in [0.3, 0.4) is 0 Å². The Hall–Kier alpha value is -1.85. The second-order valence-electron chi connectivity index (χ2n) is 4.42. The number of amides is 1. The molecule has 2 aromatic carbocycles. The van der Waals surface area contributed by atoms with E-state index in [1.165, 1.54) is 12.1 Å². The highest BCUT2D eigenvalue weighted by Gasteiger charge is 2.12. The van der Waals surface area contributed by atoms with Gasteiger partial charge in [-0.25, -0.2) is 4.79 Å². The van der Waals surface area contributed by atoms with Gasteiger partial charge in [-0.2, -0.15) is 0 Å². The van der Waals surface area contributed by atoms with Crippen LogP contribution in [0, 0.1) is 6.92 Å². The zero-order chi connectivity index (χ0) is 15.6. The number of nitrogens with one attached hydrogen (secondary N) is 1. The van der Waals surface area contributed by atoms with E-state index in [4.69, 9.17) is 16.7 Å². The maximum absolute atomic E-state index is 12.2. The number of carboxylic acid groups (broad SMARTS) is 1. The van der Waals surface area contributed by atoms with Crippen LogP contribution in [0.1, 0.15) is 26.3 Å². The number of hydrogen-bond donors (Lipinski definition) is 2. The summed E-state index contributed by atoms with van der Waals surface area (Å²) in [7, 11) is 0. The van der Waals surface area contributed by atoms with Gasteiger partial charge in [-0.3, -0.25) is 4.79 Å². The van der Waals surface area contributed by atoms with E-state index >= 15 is 0 Å². The summed E-state index contributed by atoms with van der Waals surface area (Å²) in [6.45, 7) is 1.81. The van der Waals surface area contributed by atoms with Gasteiger partial charge in [0.05, 0.1) is 11.3 Å². The van der Waals surface area contributed by atoms with Crippen molar-refractivity contribution in [3.05, 3.63) is 62.6 Å². The molecular formula is C15H11BrClNO3. The van der Waals surface area contributed by atoms with Crippen LogP contribution in [-0.4, -0.2) is 17.0 Å². The van der Waals surface area contributed by atoms with Gasteiger partial charge in [-0.15, -0.1) is 0 Å². The fraction of sp³-hybridized carbons (Fsp3) is 0.0667. The zero-order valence-corrected chi connectivity index (χ0v) is 13.3. The Morgan fingerprint density at radius 1 is 1.14 bits per heavy atom. The van der Waals surface area contributed by atoms with Gasteiger partial charge in [0.2, 0.25) is 0 Å². The number of anilines is 1. The summed E-state index contributed by atoms with van der Waals surface area (Å²) in [6, 6.07) is 9.36. The first-order valence-electron chi connectivity index (χ1n) is 5.99. The monoisotopic (exact) mass is 367 g/mol. The molecule has 0 aromatic heterocycles. The normalized spacial score (nSPS) is 10.2. The minimum Gasteiger partial charge on any atom is -0.478 e. The molecule has 0 bridgehead atoms.